The van der Waals surface area contributed by atoms with Crippen molar-refractivity contribution in [2.24, 2.45) is 0 Å². The maximum absolute atomic E-state index is 16.8. The van der Waals surface area contributed by atoms with Crippen LogP contribution in [0.2, 0.25) is 5.02 Å². The highest BCUT2D eigenvalue weighted by Crippen LogP contribution is 2.41. The molecule has 5 aliphatic rings. The molecular weight excluding hydrogens is 599 g/mol. The van der Waals surface area contributed by atoms with Crippen LogP contribution in [0.25, 0.3) is 39.1 Å². The van der Waals surface area contributed by atoms with Crippen LogP contribution >= 0.6 is 11.6 Å². The number of anilines is 1. The van der Waals surface area contributed by atoms with Crippen LogP contribution < -0.4 is 15.0 Å². The zero-order valence-corrected chi connectivity index (χ0v) is 25.7. The van der Waals surface area contributed by atoms with Crippen LogP contribution in [0, 0.1) is 5.82 Å². The predicted molar refractivity (Wildman–Crippen MR) is 171 cm³/mol. The van der Waals surface area contributed by atoms with E-state index in [4.69, 9.17) is 41.2 Å². The highest BCUT2D eigenvalue weighted by molar-refractivity contribution is 6.33. The summed E-state index contributed by atoms with van der Waals surface area (Å²) in [5.74, 6) is 0.169. The molecule has 3 saturated heterocycles. The molecule has 4 aromatic rings. The molecule has 45 heavy (non-hydrogen) atoms. The zero-order chi connectivity index (χ0) is 31.0. The van der Waals surface area contributed by atoms with Crippen LogP contribution in [0.3, 0.4) is 0 Å². The molecule has 9 rings (SSSR count). The number of piperidine rings is 1. The van der Waals surface area contributed by atoms with Gasteiger partial charge in [0.1, 0.15) is 23.6 Å². The molecule has 0 aliphatic carbocycles. The van der Waals surface area contributed by atoms with Gasteiger partial charge in [-0.3, -0.25) is 19.8 Å². The van der Waals surface area contributed by atoms with E-state index < -0.39 is 5.82 Å². The Labute approximate surface area is 264 Å². The molecule has 236 valence electrons. The lowest BCUT2D eigenvalue weighted by Crippen LogP contribution is -2.46. The van der Waals surface area contributed by atoms with Gasteiger partial charge in [-0.15, -0.1) is 0 Å². The number of hydrogen-bond acceptors (Lipinski definition) is 9. The van der Waals surface area contributed by atoms with Gasteiger partial charge in [-0.2, -0.15) is 15.1 Å². The molecular formula is C32H36ClFN8O3. The van der Waals surface area contributed by atoms with Crippen LogP contribution in [-0.4, -0.2) is 92.5 Å². The van der Waals surface area contributed by atoms with E-state index in [1.165, 1.54) is 12.8 Å². The third-order valence-electron chi connectivity index (χ3n) is 9.65. The Morgan fingerprint density at radius 3 is 2.80 bits per heavy atom. The average molecular weight is 635 g/mol. The molecule has 3 aromatic heterocycles. The predicted octanol–water partition coefficient (Wildman–Crippen LogP) is 5.04. The van der Waals surface area contributed by atoms with Crippen molar-refractivity contribution in [2.75, 3.05) is 44.2 Å². The van der Waals surface area contributed by atoms with Crippen molar-refractivity contribution in [3.8, 4) is 17.3 Å². The van der Waals surface area contributed by atoms with Gasteiger partial charge < -0.3 is 20.1 Å². The van der Waals surface area contributed by atoms with Gasteiger partial charge in [-0.25, -0.2) is 4.39 Å². The lowest BCUT2D eigenvalue weighted by molar-refractivity contribution is -0.122. The Balaban J connectivity index is 0.00000104. The Kier molecular flexibility index (Phi) is 8.28. The van der Waals surface area contributed by atoms with Gasteiger partial charge in [0.25, 0.3) is 6.47 Å². The van der Waals surface area contributed by atoms with Crippen LogP contribution in [0.5, 0.6) is 6.01 Å². The van der Waals surface area contributed by atoms with Crippen LogP contribution in [-0.2, 0) is 4.79 Å². The molecule has 6 bridgehead atoms. The summed E-state index contributed by atoms with van der Waals surface area (Å²) in [6.07, 6.45) is 14.9. The van der Waals surface area contributed by atoms with E-state index in [9.17, 15) is 0 Å². The van der Waals surface area contributed by atoms with Crippen molar-refractivity contribution in [3.05, 3.63) is 40.9 Å². The van der Waals surface area contributed by atoms with Crippen molar-refractivity contribution in [2.45, 2.75) is 56.5 Å². The lowest BCUT2D eigenvalue weighted by atomic mass is 9.95. The van der Waals surface area contributed by atoms with Crippen LogP contribution in [0.4, 0.5) is 10.2 Å². The molecule has 13 heteroatoms. The first kappa shape index (κ1) is 29.8. The maximum atomic E-state index is 16.8. The number of rotatable bonds is 3. The topological polar surface area (TPSA) is 132 Å². The van der Waals surface area contributed by atoms with Gasteiger partial charge >= 0.3 is 6.01 Å². The normalized spacial score (nSPS) is 20.8. The van der Waals surface area contributed by atoms with Crippen molar-refractivity contribution in [1.82, 2.24) is 35.4 Å². The number of carboxylic acid groups (broad SMARTS) is 1. The van der Waals surface area contributed by atoms with Crippen molar-refractivity contribution in [1.29, 1.82) is 0 Å². The zero-order valence-electron chi connectivity index (χ0n) is 24.9. The fraction of sp³-hybridized carbons (Fsp3) is 0.469. The number of benzene rings is 1. The number of nitrogens with one attached hydrogen (secondary N) is 2. The van der Waals surface area contributed by atoms with E-state index in [0.29, 0.717) is 40.0 Å². The Morgan fingerprint density at radius 2 is 1.98 bits per heavy atom. The average Bonchev–Trinajstić information content (AvgIpc) is 3.77. The van der Waals surface area contributed by atoms with Gasteiger partial charge in [0.05, 0.1) is 27.7 Å². The summed E-state index contributed by atoms with van der Waals surface area (Å²) in [5, 5.41) is 19.6. The molecule has 0 radical (unpaired) electrons. The molecule has 3 fully saturated rings. The largest absolute Gasteiger partial charge is 0.483 e. The highest BCUT2D eigenvalue weighted by Gasteiger charge is 2.45. The Hall–Kier alpha value is -3.87. The van der Waals surface area contributed by atoms with Gasteiger partial charge in [0, 0.05) is 41.8 Å². The number of hydrogen-bond donors (Lipinski definition) is 3. The standard InChI is InChI=1S/C31H34ClFN8O.CH2O2/c32-23-14-24-21(16-36-39-24)25-20(23)7-1-2-10-34-19-6-3-11-40(17-19)29-22-15-35-28(25)26(33)27(22)37-30(38-29)42-18-31-8-4-12-41(31)13-5-9-31;2-1-3/h1,7,14-16,19,34H,2-6,8-13,17-18H2,(H,36,39);1H,(H,2,3). The first-order chi connectivity index (χ1) is 22.0. The monoisotopic (exact) mass is 634 g/mol. The van der Waals surface area contributed by atoms with Gasteiger partial charge in [-0.05, 0) is 70.6 Å². The van der Waals surface area contributed by atoms with E-state index in [-0.39, 0.29) is 29.2 Å². The number of aromatic amines is 1. The van der Waals surface area contributed by atoms with E-state index in [1.807, 2.05) is 12.1 Å². The first-order valence-corrected chi connectivity index (χ1v) is 16.0. The minimum absolute atomic E-state index is 0.0325. The second kappa shape index (κ2) is 12.5. The van der Waals surface area contributed by atoms with Gasteiger partial charge in [0.15, 0.2) is 5.82 Å². The molecule has 8 heterocycles. The molecule has 11 nitrogen and oxygen atoms in total. The summed E-state index contributed by atoms with van der Waals surface area (Å²) >= 11 is 6.79. The molecule has 0 saturated carbocycles. The molecule has 3 N–H and O–H groups in total. The highest BCUT2D eigenvalue weighted by atomic mass is 35.5. The molecule has 1 unspecified atom stereocenters. The quantitative estimate of drug-likeness (QED) is 0.263. The van der Waals surface area contributed by atoms with Crippen molar-refractivity contribution in [3.63, 3.8) is 0 Å². The second-order valence-corrected chi connectivity index (χ2v) is 12.6. The summed E-state index contributed by atoms with van der Waals surface area (Å²) in [4.78, 5) is 27.5. The third kappa shape index (κ3) is 5.49. The summed E-state index contributed by atoms with van der Waals surface area (Å²) < 4.78 is 23.2. The van der Waals surface area contributed by atoms with E-state index in [0.717, 1.165) is 75.7 Å². The Bertz CT molecular complexity index is 1750. The number of H-pyrrole nitrogens is 1. The summed E-state index contributed by atoms with van der Waals surface area (Å²) in [6.45, 7) is 4.92. The summed E-state index contributed by atoms with van der Waals surface area (Å²) in [7, 11) is 0. The SMILES string of the molecule is Fc1c2ncc3c(nc(OCC45CCCN4CCC5)nc13)N1CCCC(C1)NCCC=Cc1c(Cl)cc3[nH]ncc3c1-2.O=CO. The third-order valence-corrected chi connectivity index (χ3v) is 9.96. The number of nitrogens with zero attached hydrogens (tertiary/aromatic N) is 6. The van der Waals surface area contributed by atoms with Gasteiger partial charge in [0.2, 0.25) is 0 Å². The van der Waals surface area contributed by atoms with E-state index in [1.54, 1.807) is 12.4 Å². The molecule has 5 aliphatic heterocycles. The first-order valence-electron chi connectivity index (χ1n) is 15.6. The number of halogens is 2. The number of pyridine rings is 1. The fourth-order valence-corrected chi connectivity index (χ4v) is 7.83. The molecule has 0 amide bonds. The lowest BCUT2D eigenvalue weighted by Gasteiger charge is -2.35. The summed E-state index contributed by atoms with van der Waals surface area (Å²) in [5.41, 5.74) is 2.46. The minimum Gasteiger partial charge on any atom is -0.483 e. The summed E-state index contributed by atoms with van der Waals surface area (Å²) in [6, 6.07) is 2.35. The minimum atomic E-state index is -0.511. The van der Waals surface area contributed by atoms with Crippen molar-refractivity contribution < 1.29 is 19.0 Å². The van der Waals surface area contributed by atoms with E-state index in [2.05, 4.69) is 31.4 Å². The number of ether oxygens (including phenoxy) is 1. The smallest absolute Gasteiger partial charge is 0.319 e. The number of fused-ring (bicyclic) bond motifs is 6. The number of carbonyl (C=O) groups is 1. The van der Waals surface area contributed by atoms with Gasteiger partial charge in [-0.1, -0.05) is 23.8 Å². The maximum Gasteiger partial charge on any atom is 0.319 e. The van der Waals surface area contributed by atoms with Crippen LogP contribution in [0.15, 0.2) is 24.5 Å². The number of aromatic nitrogens is 5. The molecule has 1 atom stereocenters. The van der Waals surface area contributed by atoms with E-state index >= 15 is 4.39 Å². The van der Waals surface area contributed by atoms with Crippen molar-refractivity contribution >= 4 is 51.8 Å². The molecule has 1 aromatic carbocycles. The van der Waals surface area contributed by atoms with Crippen LogP contribution in [0.1, 0.15) is 50.5 Å². The Morgan fingerprint density at radius 1 is 1.16 bits per heavy atom. The molecule has 0 spiro atoms. The fourth-order valence-electron chi connectivity index (χ4n) is 7.56. The second-order valence-electron chi connectivity index (χ2n) is 12.2.